The Morgan fingerprint density at radius 3 is 3.08 bits per heavy atom. The first-order chi connectivity index (χ1) is 11.8. The van der Waals surface area contributed by atoms with Crippen molar-refractivity contribution in [3.63, 3.8) is 0 Å². The van der Waals surface area contributed by atoms with Gasteiger partial charge in [0.1, 0.15) is 0 Å². The summed E-state index contributed by atoms with van der Waals surface area (Å²) in [6, 6.07) is 8.12. The number of hydrogen-bond donors (Lipinski definition) is 2. The maximum Gasteiger partial charge on any atom is 0.232 e. The molecule has 1 aromatic carbocycles. The van der Waals surface area contributed by atoms with Crippen LogP contribution in [0.5, 0.6) is 0 Å². The van der Waals surface area contributed by atoms with Crippen molar-refractivity contribution in [1.29, 1.82) is 0 Å². The summed E-state index contributed by atoms with van der Waals surface area (Å²) in [5, 5.41) is 6.64. The van der Waals surface area contributed by atoms with E-state index in [0.717, 1.165) is 43.3 Å². The fraction of sp³-hybridized carbons (Fsp3) is 0.650. The highest BCUT2D eigenvalue weighted by atomic mass is 16.5. The molecule has 2 aliphatic carbocycles. The van der Waals surface area contributed by atoms with Crippen LogP contribution >= 0.6 is 0 Å². The van der Waals surface area contributed by atoms with Gasteiger partial charge in [-0.3, -0.25) is 4.79 Å². The van der Waals surface area contributed by atoms with Crippen molar-refractivity contribution in [2.24, 2.45) is 17.3 Å². The summed E-state index contributed by atoms with van der Waals surface area (Å²) in [7, 11) is 0. The Labute approximate surface area is 144 Å². The molecule has 4 heteroatoms. The summed E-state index contributed by atoms with van der Waals surface area (Å²) in [6.07, 6.45) is 7.24. The van der Waals surface area contributed by atoms with Crippen LogP contribution in [0.4, 0.5) is 5.69 Å². The van der Waals surface area contributed by atoms with E-state index in [0.29, 0.717) is 12.5 Å². The van der Waals surface area contributed by atoms with E-state index in [1.165, 1.54) is 32.1 Å². The van der Waals surface area contributed by atoms with Crippen LogP contribution in [0.15, 0.2) is 24.3 Å². The van der Waals surface area contributed by atoms with Gasteiger partial charge in [0.05, 0.1) is 12.0 Å². The zero-order valence-corrected chi connectivity index (χ0v) is 14.4. The molecule has 130 valence electrons. The number of carbonyl (C=O) groups excluding carboxylic acids is 1. The van der Waals surface area contributed by atoms with Gasteiger partial charge < -0.3 is 15.4 Å². The van der Waals surface area contributed by atoms with Gasteiger partial charge in [-0.2, -0.15) is 0 Å². The number of amides is 1. The van der Waals surface area contributed by atoms with Crippen molar-refractivity contribution in [1.82, 2.24) is 5.32 Å². The number of carbonyl (C=O) groups is 1. The molecule has 3 aliphatic rings. The minimum absolute atomic E-state index is 0.198. The van der Waals surface area contributed by atoms with Crippen LogP contribution in [0.3, 0.4) is 0 Å². The Morgan fingerprint density at radius 2 is 2.21 bits per heavy atom. The Bertz CT molecular complexity index is 599. The van der Waals surface area contributed by atoms with Gasteiger partial charge in [0.2, 0.25) is 5.91 Å². The number of benzene rings is 1. The normalized spacial score (nSPS) is 29.2. The summed E-state index contributed by atoms with van der Waals surface area (Å²) in [5.41, 5.74) is 1.84. The van der Waals surface area contributed by atoms with Gasteiger partial charge in [-0.05, 0) is 61.8 Å². The quantitative estimate of drug-likeness (QED) is 0.842. The van der Waals surface area contributed by atoms with E-state index < -0.39 is 0 Å². The average Bonchev–Trinajstić information content (AvgIpc) is 3.31. The van der Waals surface area contributed by atoms with E-state index in [2.05, 4.69) is 22.8 Å². The van der Waals surface area contributed by atoms with E-state index in [4.69, 9.17) is 4.74 Å². The second-order valence-corrected chi connectivity index (χ2v) is 7.84. The van der Waals surface area contributed by atoms with Gasteiger partial charge >= 0.3 is 0 Å². The minimum Gasteiger partial charge on any atom is -0.376 e. The molecule has 24 heavy (non-hydrogen) atoms. The summed E-state index contributed by atoms with van der Waals surface area (Å²) in [6.45, 7) is 3.32. The largest absolute Gasteiger partial charge is 0.376 e. The van der Waals surface area contributed by atoms with E-state index in [1.807, 2.05) is 12.1 Å². The van der Waals surface area contributed by atoms with Crippen LogP contribution in [0.2, 0.25) is 0 Å². The third-order valence-corrected chi connectivity index (χ3v) is 5.99. The standard InChI is InChI=1S/C20H28N2O2/c23-19(20-9-2-1-5-17(20)11-21-14-20)22-18-6-3-4-16(10-18)13-24-12-15-7-8-15/h3-4,6,10,15,17,21H,1-2,5,7-9,11-14H2,(H,22,23)/t17-,20+/m0/s1. The van der Waals surface area contributed by atoms with Crippen LogP contribution in [-0.4, -0.2) is 25.6 Å². The van der Waals surface area contributed by atoms with Crippen LogP contribution in [0, 0.1) is 17.3 Å². The number of rotatable bonds is 6. The van der Waals surface area contributed by atoms with Crippen LogP contribution in [0.25, 0.3) is 0 Å². The fourth-order valence-electron chi connectivity index (χ4n) is 4.31. The van der Waals surface area contributed by atoms with Gasteiger partial charge in [0.15, 0.2) is 0 Å². The van der Waals surface area contributed by atoms with Crippen molar-refractivity contribution < 1.29 is 9.53 Å². The average molecular weight is 328 g/mol. The molecule has 1 aliphatic heterocycles. The maximum atomic E-state index is 13.0. The fourth-order valence-corrected chi connectivity index (χ4v) is 4.31. The van der Waals surface area contributed by atoms with Crippen molar-refractivity contribution in [2.45, 2.75) is 45.1 Å². The first-order valence-electron chi connectivity index (χ1n) is 9.45. The molecule has 1 heterocycles. The smallest absolute Gasteiger partial charge is 0.232 e. The number of ether oxygens (including phenoxy) is 1. The first kappa shape index (κ1) is 16.1. The second kappa shape index (κ2) is 6.85. The first-order valence-corrected chi connectivity index (χ1v) is 9.45. The molecule has 0 aromatic heterocycles. The lowest BCUT2D eigenvalue weighted by atomic mass is 9.67. The highest BCUT2D eigenvalue weighted by molar-refractivity contribution is 5.96. The predicted molar refractivity (Wildman–Crippen MR) is 94.7 cm³/mol. The summed E-state index contributed by atoms with van der Waals surface area (Å²) < 4.78 is 5.77. The van der Waals surface area contributed by atoms with Gasteiger partial charge in [0.25, 0.3) is 0 Å². The lowest BCUT2D eigenvalue weighted by molar-refractivity contribution is -0.128. The van der Waals surface area contributed by atoms with Crippen molar-refractivity contribution >= 4 is 11.6 Å². The van der Waals surface area contributed by atoms with E-state index in [-0.39, 0.29) is 11.3 Å². The molecule has 3 fully saturated rings. The molecule has 0 bridgehead atoms. The third-order valence-electron chi connectivity index (χ3n) is 5.99. The van der Waals surface area contributed by atoms with Crippen LogP contribution in [-0.2, 0) is 16.1 Å². The molecule has 1 amide bonds. The lowest BCUT2D eigenvalue weighted by Gasteiger charge is -2.37. The highest BCUT2D eigenvalue weighted by Crippen LogP contribution is 2.44. The van der Waals surface area contributed by atoms with Crippen molar-refractivity contribution in [2.75, 3.05) is 25.0 Å². The van der Waals surface area contributed by atoms with Crippen molar-refractivity contribution in [3.05, 3.63) is 29.8 Å². The Morgan fingerprint density at radius 1 is 1.29 bits per heavy atom. The molecule has 0 radical (unpaired) electrons. The topological polar surface area (TPSA) is 50.4 Å². The molecular formula is C20H28N2O2. The predicted octanol–water partition coefficient (Wildman–Crippen LogP) is 3.33. The maximum absolute atomic E-state index is 13.0. The minimum atomic E-state index is -0.198. The summed E-state index contributed by atoms with van der Waals surface area (Å²) >= 11 is 0. The number of hydrogen-bond acceptors (Lipinski definition) is 3. The summed E-state index contributed by atoms with van der Waals surface area (Å²) in [5.74, 6) is 1.48. The molecule has 1 saturated heterocycles. The molecule has 0 spiro atoms. The zero-order chi connectivity index (χ0) is 16.4. The molecule has 4 rings (SSSR count). The monoisotopic (exact) mass is 328 g/mol. The molecular weight excluding hydrogens is 300 g/mol. The molecule has 2 N–H and O–H groups in total. The Balaban J connectivity index is 1.39. The van der Waals surface area contributed by atoms with E-state index >= 15 is 0 Å². The third kappa shape index (κ3) is 3.35. The van der Waals surface area contributed by atoms with Crippen molar-refractivity contribution in [3.8, 4) is 0 Å². The van der Waals surface area contributed by atoms with Gasteiger partial charge in [-0.25, -0.2) is 0 Å². The number of nitrogens with one attached hydrogen (secondary N) is 2. The van der Waals surface area contributed by atoms with E-state index in [9.17, 15) is 4.79 Å². The highest BCUT2D eigenvalue weighted by Gasteiger charge is 2.49. The van der Waals surface area contributed by atoms with Crippen LogP contribution < -0.4 is 10.6 Å². The van der Waals surface area contributed by atoms with Gasteiger partial charge in [0, 0.05) is 18.8 Å². The summed E-state index contributed by atoms with van der Waals surface area (Å²) in [4.78, 5) is 13.0. The molecule has 0 unspecified atom stereocenters. The Kier molecular flexibility index (Phi) is 4.59. The van der Waals surface area contributed by atoms with E-state index in [1.54, 1.807) is 0 Å². The lowest BCUT2D eigenvalue weighted by Crippen LogP contribution is -2.44. The number of fused-ring (bicyclic) bond motifs is 1. The number of anilines is 1. The van der Waals surface area contributed by atoms with Gasteiger partial charge in [-0.15, -0.1) is 0 Å². The van der Waals surface area contributed by atoms with Gasteiger partial charge in [-0.1, -0.05) is 25.0 Å². The SMILES string of the molecule is O=C(Nc1cccc(COCC2CC2)c1)[C@@]12CCCC[C@H]1CNC2. The molecule has 1 aromatic rings. The zero-order valence-electron chi connectivity index (χ0n) is 14.4. The molecule has 2 atom stereocenters. The molecule has 4 nitrogen and oxygen atoms in total. The molecule has 2 saturated carbocycles. The second-order valence-electron chi connectivity index (χ2n) is 7.84. The Hall–Kier alpha value is -1.39. The van der Waals surface area contributed by atoms with Crippen LogP contribution in [0.1, 0.15) is 44.1 Å².